The number of rotatable bonds is 4. The Kier molecular flexibility index (Phi) is 3.23. The van der Waals surface area contributed by atoms with Gasteiger partial charge in [0.05, 0.1) is 4.88 Å². The Hall–Kier alpha value is -0.780. The normalized spacial score (nSPS) is 10.6. The first-order chi connectivity index (χ1) is 6.90. The molecule has 0 unspecified atom stereocenters. The number of aryl methyl sites for hydroxylation is 1. The molecule has 2 aromatic rings. The first-order valence-electron chi connectivity index (χ1n) is 4.46. The first kappa shape index (κ1) is 9.76. The molecule has 0 bridgehead atoms. The highest BCUT2D eigenvalue weighted by atomic mass is 32.1. The molecule has 3 nitrogen and oxygen atoms in total. The zero-order valence-electron chi connectivity index (χ0n) is 7.64. The van der Waals surface area contributed by atoms with Crippen molar-refractivity contribution in [2.45, 2.75) is 12.8 Å². The van der Waals surface area contributed by atoms with Gasteiger partial charge in [-0.15, -0.1) is 21.5 Å². The second kappa shape index (κ2) is 4.63. The summed E-state index contributed by atoms with van der Waals surface area (Å²) in [6.07, 6.45) is 1.93. The van der Waals surface area contributed by atoms with Gasteiger partial charge in [0, 0.05) is 6.42 Å². The van der Waals surface area contributed by atoms with Crippen LogP contribution in [0.4, 0.5) is 0 Å². The minimum absolute atomic E-state index is 0.716. The van der Waals surface area contributed by atoms with Crippen LogP contribution in [0.3, 0.4) is 0 Å². The molecular formula is C9H11N3S2. The molecule has 0 spiro atoms. The van der Waals surface area contributed by atoms with Gasteiger partial charge in [0.2, 0.25) is 0 Å². The lowest BCUT2D eigenvalue weighted by atomic mass is 10.3. The molecule has 2 aromatic heterocycles. The molecule has 5 heteroatoms. The number of aromatic nitrogens is 2. The van der Waals surface area contributed by atoms with E-state index in [1.54, 1.807) is 22.7 Å². The summed E-state index contributed by atoms with van der Waals surface area (Å²) in [6.45, 7) is 0.716. The van der Waals surface area contributed by atoms with E-state index in [9.17, 15) is 0 Å². The van der Waals surface area contributed by atoms with Gasteiger partial charge in [0.1, 0.15) is 5.01 Å². The number of nitrogens with zero attached hydrogens (tertiary/aromatic N) is 2. The SMILES string of the molecule is NCCCc1nnc(-c2cccs2)s1. The van der Waals surface area contributed by atoms with E-state index >= 15 is 0 Å². The molecule has 0 amide bonds. The van der Waals surface area contributed by atoms with Crippen LogP contribution in [0.25, 0.3) is 9.88 Å². The zero-order chi connectivity index (χ0) is 9.80. The first-order valence-corrected chi connectivity index (χ1v) is 6.16. The summed E-state index contributed by atoms with van der Waals surface area (Å²) in [5, 5.41) is 12.4. The predicted octanol–water partition coefficient (Wildman–Crippen LogP) is 2.16. The smallest absolute Gasteiger partial charge is 0.157 e. The van der Waals surface area contributed by atoms with Crippen molar-refractivity contribution in [2.24, 2.45) is 5.73 Å². The van der Waals surface area contributed by atoms with E-state index in [4.69, 9.17) is 5.73 Å². The van der Waals surface area contributed by atoms with Crippen LogP contribution in [0.5, 0.6) is 0 Å². The van der Waals surface area contributed by atoms with Crippen molar-refractivity contribution in [3.63, 3.8) is 0 Å². The summed E-state index contributed by atoms with van der Waals surface area (Å²) in [6, 6.07) is 4.10. The molecule has 14 heavy (non-hydrogen) atoms. The van der Waals surface area contributed by atoms with Gasteiger partial charge in [-0.2, -0.15) is 0 Å². The second-order valence-corrected chi connectivity index (χ2v) is 4.88. The molecule has 0 aliphatic heterocycles. The summed E-state index contributed by atoms with van der Waals surface area (Å²) < 4.78 is 0. The van der Waals surface area contributed by atoms with Crippen LogP contribution < -0.4 is 5.73 Å². The standard InChI is InChI=1S/C9H11N3S2/c10-5-1-4-8-11-12-9(14-8)7-3-2-6-13-7/h2-3,6H,1,4-5,10H2. The molecular weight excluding hydrogens is 214 g/mol. The van der Waals surface area contributed by atoms with Crippen LogP contribution in [0.2, 0.25) is 0 Å². The Morgan fingerprint density at radius 1 is 1.36 bits per heavy atom. The van der Waals surface area contributed by atoms with Crippen molar-refractivity contribution >= 4 is 22.7 Å². The fourth-order valence-electron chi connectivity index (χ4n) is 1.11. The van der Waals surface area contributed by atoms with Gasteiger partial charge in [-0.25, -0.2) is 0 Å². The molecule has 0 atom stereocenters. The maximum Gasteiger partial charge on any atom is 0.157 e. The van der Waals surface area contributed by atoms with E-state index in [1.165, 1.54) is 4.88 Å². The number of thiophene rings is 1. The van der Waals surface area contributed by atoms with Crippen LogP contribution in [0.15, 0.2) is 17.5 Å². The highest BCUT2D eigenvalue weighted by Crippen LogP contribution is 2.27. The minimum Gasteiger partial charge on any atom is -0.330 e. The summed E-state index contributed by atoms with van der Waals surface area (Å²) in [4.78, 5) is 1.20. The third-order valence-corrected chi connectivity index (χ3v) is 3.82. The lowest BCUT2D eigenvalue weighted by Crippen LogP contribution is -1.99. The number of nitrogens with two attached hydrogens (primary N) is 1. The molecule has 2 N–H and O–H groups in total. The monoisotopic (exact) mass is 225 g/mol. The van der Waals surface area contributed by atoms with Crippen LogP contribution in [-0.4, -0.2) is 16.7 Å². The average Bonchev–Trinajstić information content (AvgIpc) is 2.85. The third kappa shape index (κ3) is 2.17. The van der Waals surface area contributed by atoms with Gasteiger partial charge in [0.15, 0.2) is 5.01 Å². The molecule has 0 aromatic carbocycles. The van der Waals surface area contributed by atoms with Crippen molar-refractivity contribution in [3.05, 3.63) is 22.5 Å². The van der Waals surface area contributed by atoms with Crippen molar-refractivity contribution in [2.75, 3.05) is 6.54 Å². The Bertz CT molecular complexity index is 380. The molecule has 2 heterocycles. The fourth-order valence-corrected chi connectivity index (χ4v) is 2.78. The zero-order valence-corrected chi connectivity index (χ0v) is 9.27. The number of hydrogen-bond acceptors (Lipinski definition) is 5. The Labute approximate surface area is 90.6 Å². The summed E-state index contributed by atoms with van der Waals surface area (Å²) in [5.74, 6) is 0. The van der Waals surface area contributed by atoms with Gasteiger partial charge >= 0.3 is 0 Å². The molecule has 0 fully saturated rings. The van der Waals surface area contributed by atoms with E-state index < -0.39 is 0 Å². The highest BCUT2D eigenvalue weighted by molar-refractivity contribution is 7.20. The van der Waals surface area contributed by atoms with E-state index in [2.05, 4.69) is 21.6 Å². The highest BCUT2D eigenvalue weighted by Gasteiger charge is 2.06. The topological polar surface area (TPSA) is 51.8 Å². The van der Waals surface area contributed by atoms with Crippen LogP contribution in [0.1, 0.15) is 11.4 Å². The second-order valence-electron chi connectivity index (χ2n) is 2.87. The van der Waals surface area contributed by atoms with Crippen molar-refractivity contribution in [1.82, 2.24) is 10.2 Å². The van der Waals surface area contributed by atoms with E-state index in [0.717, 1.165) is 22.9 Å². The summed E-state index contributed by atoms with van der Waals surface area (Å²) in [5.41, 5.74) is 5.44. The molecule has 0 aliphatic rings. The largest absolute Gasteiger partial charge is 0.330 e. The average molecular weight is 225 g/mol. The molecule has 0 aliphatic carbocycles. The fraction of sp³-hybridized carbons (Fsp3) is 0.333. The lowest BCUT2D eigenvalue weighted by Gasteiger charge is -1.89. The van der Waals surface area contributed by atoms with E-state index in [-0.39, 0.29) is 0 Å². The lowest BCUT2D eigenvalue weighted by molar-refractivity contribution is 0.812. The van der Waals surface area contributed by atoms with Crippen LogP contribution in [-0.2, 0) is 6.42 Å². The van der Waals surface area contributed by atoms with Crippen LogP contribution in [0, 0.1) is 0 Å². The van der Waals surface area contributed by atoms with Gasteiger partial charge in [-0.3, -0.25) is 0 Å². The third-order valence-electron chi connectivity index (χ3n) is 1.79. The Balaban J connectivity index is 2.10. The Morgan fingerprint density at radius 3 is 3.00 bits per heavy atom. The predicted molar refractivity (Wildman–Crippen MR) is 60.6 cm³/mol. The quantitative estimate of drug-likeness (QED) is 0.867. The molecule has 74 valence electrons. The summed E-state index contributed by atoms with van der Waals surface area (Å²) in [7, 11) is 0. The van der Waals surface area contributed by atoms with Crippen molar-refractivity contribution in [1.29, 1.82) is 0 Å². The van der Waals surface area contributed by atoms with E-state index in [1.807, 2.05) is 6.07 Å². The molecule has 0 saturated carbocycles. The van der Waals surface area contributed by atoms with Gasteiger partial charge < -0.3 is 5.73 Å². The molecule has 0 radical (unpaired) electrons. The number of hydrogen-bond donors (Lipinski definition) is 1. The minimum atomic E-state index is 0.716. The van der Waals surface area contributed by atoms with Gasteiger partial charge in [-0.1, -0.05) is 17.4 Å². The van der Waals surface area contributed by atoms with Gasteiger partial charge in [-0.05, 0) is 24.4 Å². The Morgan fingerprint density at radius 2 is 2.29 bits per heavy atom. The molecule has 2 rings (SSSR count). The van der Waals surface area contributed by atoms with Crippen molar-refractivity contribution < 1.29 is 0 Å². The van der Waals surface area contributed by atoms with Gasteiger partial charge in [0.25, 0.3) is 0 Å². The van der Waals surface area contributed by atoms with Crippen LogP contribution >= 0.6 is 22.7 Å². The maximum absolute atomic E-state index is 5.44. The summed E-state index contributed by atoms with van der Waals surface area (Å²) >= 11 is 3.36. The van der Waals surface area contributed by atoms with Crippen molar-refractivity contribution in [3.8, 4) is 9.88 Å². The molecule has 0 saturated heterocycles. The van der Waals surface area contributed by atoms with E-state index in [0.29, 0.717) is 6.54 Å². The maximum atomic E-state index is 5.44.